The summed E-state index contributed by atoms with van der Waals surface area (Å²) in [5.74, 6) is -0.826. The largest absolute Gasteiger partial charge is 0.452 e. The summed E-state index contributed by atoms with van der Waals surface area (Å²) in [5, 5.41) is 2.94. The molecule has 168 valence electrons. The Morgan fingerprint density at radius 1 is 1.16 bits per heavy atom. The smallest absolute Gasteiger partial charge is 0.310 e. The highest BCUT2D eigenvalue weighted by Gasteiger charge is 2.51. The van der Waals surface area contributed by atoms with E-state index in [4.69, 9.17) is 4.74 Å². The predicted molar refractivity (Wildman–Crippen MR) is 121 cm³/mol. The van der Waals surface area contributed by atoms with Crippen molar-refractivity contribution in [2.45, 2.75) is 50.1 Å². The van der Waals surface area contributed by atoms with Crippen molar-refractivity contribution in [1.82, 2.24) is 15.2 Å². The van der Waals surface area contributed by atoms with Gasteiger partial charge in [-0.05, 0) is 43.5 Å². The van der Waals surface area contributed by atoms with Gasteiger partial charge < -0.3 is 15.0 Å². The number of hydrogen-bond donors (Lipinski definition) is 1. The molecule has 7 nitrogen and oxygen atoms in total. The lowest BCUT2D eigenvalue weighted by Crippen LogP contribution is -2.55. The number of hydrogen-bond acceptors (Lipinski definition) is 6. The van der Waals surface area contributed by atoms with Crippen molar-refractivity contribution < 1.29 is 19.1 Å². The Morgan fingerprint density at radius 2 is 1.88 bits per heavy atom. The van der Waals surface area contributed by atoms with E-state index in [1.807, 2.05) is 56.3 Å². The number of aromatic nitrogens is 1. The van der Waals surface area contributed by atoms with Crippen molar-refractivity contribution in [3.05, 3.63) is 66.0 Å². The SMILES string of the molecule is CC1(C)SCN(C(=O)[C@@H]2C[C@@H](Cc3ccccc3)C(=O)O2)[C@@H]1C(=O)NCc1ccncc1. The highest BCUT2D eigenvalue weighted by atomic mass is 32.2. The van der Waals surface area contributed by atoms with Crippen LogP contribution in [-0.2, 0) is 32.1 Å². The molecule has 32 heavy (non-hydrogen) atoms. The van der Waals surface area contributed by atoms with Crippen LogP contribution in [0.15, 0.2) is 54.9 Å². The Labute approximate surface area is 191 Å². The number of thioether (sulfide) groups is 1. The third kappa shape index (κ3) is 4.80. The average Bonchev–Trinajstić information content (AvgIpc) is 3.31. The molecular formula is C24H27N3O4S. The van der Waals surface area contributed by atoms with Crippen LogP contribution in [0.2, 0.25) is 0 Å². The molecule has 0 unspecified atom stereocenters. The number of cyclic esters (lactones) is 1. The second kappa shape index (κ2) is 9.32. The molecule has 8 heteroatoms. The van der Waals surface area contributed by atoms with Crippen LogP contribution < -0.4 is 5.32 Å². The van der Waals surface area contributed by atoms with Gasteiger partial charge in [0.1, 0.15) is 6.04 Å². The molecule has 1 aromatic carbocycles. The summed E-state index contributed by atoms with van der Waals surface area (Å²) in [4.78, 5) is 44.4. The van der Waals surface area contributed by atoms with Gasteiger partial charge in [-0.25, -0.2) is 0 Å². The lowest BCUT2D eigenvalue weighted by atomic mass is 9.95. The third-order valence-corrected chi connectivity index (χ3v) is 7.36. The maximum absolute atomic E-state index is 13.3. The molecule has 1 aromatic heterocycles. The van der Waals surface area contributed by atoms with Crippen molar-refractivity contribution >= 4 is 29.5 Å². The van der Waals surface area contributed by atoms with E-state index in [9.17, 15) is 14.4 Å². The highest BCUT2D eigenvalue weighted by Crippen LogP contribution is 2.40. The van der Waals surface area contributed by atoms with Gasteiger partial charge in [0.2, 0.25) is 5.91 Å². The summed E-state index contributed by atoms with van der Waals surface area (Å²) in [7, 11) is 0. The first-order valence-corrected chi connectivity index (χ1v) is 11.7. The standard InChI is InChI=1S/C24H27N3O4S/c1-24(2)20(21(28)26-14-17-8-10-25-11-9-17)27(15-32-24)22(29)19-13-18(23(30)31-19)12-16-6-4-3-5-7-16/h3-11,18-20H,12-15H2,1-2H3,(H,26,28)/t18-,19+,20-/m1/s1. The fraction of sp³-hybridized carbons (Fsp3) is 0.417. The Morgan fingerprint density at radius 3 is 2.59 bits per heavy atom. The molecule has 0 spiro atoms. The van der Waals surface area contributed by atoms with Crippen LogP contribution in [0.3, 0.4) is 0 Å². The molecule has 2 aromatic rings. The van der Waals surface area contributed by atoms with Gasteiger partial charge in [0.25, 0.3) is 5.91 Å². The Kier molecular flexibility index (Phi) is 6.50. The Bertz CT molecular complexity index is 983. The number of nitrogens with one attached hydrogen (secondary N) is 1. The van der Waals surface area contributed by atoms with Crippen molar-refractivity contribution in [2.24, 2.45) is 5.92 Å². The zero-order chi connectivity index (χ0) is 22.7. The van der Waals surface area contributed by atoms with Gasteiger partial charge >= 0.3 is 5.97 Å². The summed E-state index contributed by atoms with van der Waals surface area (Å²) in [6, 6.07) is 12.7. The monoisotopic (exact) mass is 453 g/mol. The second-order valence-electron chi connectivity index (χ2n) is 8.71. The van der Waals surface area contributed by atoms with Gasteiger partial charge in [0, 0.05) is 30.1 Å². The van der Waals surface area contributed by atoms with E-state index < -0.39 is 16.9 Å². The van der Waals surface area contributed by atoms with E-state index in [0.29, 0.717) is 25.3 Å². The maximum atomic E-state index is 13.3. The number of carbonyl (C=O) groups is 3. The first-order chi connectivity index (χ1) is 15.3. The molecule has 0 radical (unpaired) electrons. The minimum absolute atomic E-state index is 0.213. The van der Waals surface area contributed by atoms with Gasteiger partial charge in [-0.15, -0.1) is 11.8 Å². The summed E-state index contributed by atoms with van der Waals surface area (Å²) >= 11 is 1.55. The Hall–Kier alpha value is -2.87. The van der Waals surface area contributed by atoms with Gasteiger partial charge in [-0.2, -0.15) is 0 Å². The normalized spacial score (nSPS) is 24.2. The average molecular weight is 454 g/mol. The van der Waals surface area contributed by atoms with E-state index >= 15 is 0 Å². The van der Waals surface area contributed by atoms with Crippen LogP contribution in [-0.4, -0.2) is 50.4 Å². The minimum Gasteiger partial charge on any atom is -0.452 e. The Balaban J connectivity index is 1.42. The topological polar surface area (TPSA) is 88.6 Å². The second-order valence-corrected chi connectivity index (χ2v) is 10.3. The number of pyridine rings is 1. The van der Waals surface area contributed by atoms with Gasteiger partial charge in [-0.1, -0.05) is 30.3 Å². The first-order valence-electron chi connectivity index (χ1n) is 10.7. The molecule has 0 aliphatic carbocycles. The van der Waals surface area contributed by atoms with Gasteiger partial charge in [0.15, 0.2) is 6.10 Å². The quantitative estimate of drug-likeness (QED) is 0.677. The lowest BCUT2D eigenvalue weighted by molar-refractivity contribution is -0.155. The summed E-state index contributed by atoms with van der Waals surface area (Å²) in [6.07, 6.45) is 3.38. The van der Waals surface area contributed by atoms with Gasteiger partial charge in [-0.3, -0.25) is 19.4 Å². The molecule has 2 amide bonds. The zero-order valence-electron chi connectivity index (χ0n) is 18.2. The fourth-order valence-corrected chi connectivity index (χ4v) is 5.38. The van der Waals surface area contributed by atoms with Crippen molar-refractivity contribution in [3.63, 3.8) is 0 Å². The van der Waals surface area contributed by atoms with Crippen molar-refractivity contribution in [3.8, 4) is 0 Å². The van der Waals surface area contributed by atoms with E-state index in [2.05, 4.69) is 10.3 Å². The number of esters is 1. The molecule has 2 aliphatic rings. The highest BCUT2D eigenvalue weighted by molar-refractivity contribution is 8.00. The van der Waals surface area contributed by atoms with Gasteiger partial charge in [0.05, 0.1) is 11.8 Å². The van der Waals surface area contributed by atoms with Crippen molar-refractivity contribution in [1.29, 1.82) is 0 Å². The number of ether oxygens (including phenoxy) is 1. The molecule has 1 N–H and O–H groups in total. The number of rotatable bonds is 6. The summed E-state index contributed by atoms with van der Waals surface area (Å²) in [5.41, 5.74) is 1.97. The van der Waals surface area contributed by atoms with Crippen LogP contribution in [0.1, 0.15) is 31.4 Å². The number of benzene rings is 1. The first kappa shape index (κ1) is 22.3. The summed E-state index contributed by atoms with van der Waals surface area (Å²) < 4.78 is 5.01. The van der Waals surface area contributed by atoms with Crippen LogP contribution >= 0.6 is 11.8 Å². The molecule has 2 saturated heterocycles. The lowest BCUT2D eigenvalue weighted by Gasteiger charge is -2.31. The predicted octanol–water partition coefficient (Wildman–Crippen LogP) is 2.55. The minimum atomic E-state index is -0.846. The van der Waals surface area contributed by atoms with Crippen LogP contribution in [0.25, 0.3) is 0 Å². The molecule has 3 atom stereocenters. The van der Waals surface area contributed by atoms with Crippen LogP contribution in [0.4, 0.5) is 0 Å². The summed E-state index contributed by atoms with van der Waals surface area (Å²) in [6.45, 7) is 4.28. The van der Waals surface area contributed by atoms with Crippen molar-refractivity contribution in [2.75, 3.05) is 5.88 Å². The molecule has 3 heterocycles. The number of carbonyl (C=O) groups excluding carboxylic acids is 3. The zero-order valence-corrected chi connectivity index (χ0v) is 19.0. The third-order valence-electron chi connectivity index (χ3n) is 5.98. The van der Waals surface area contributed by atoms with Crippen LogP contribution in [0, 0.1) is 5.92 Å². The molecular weight excluding hydrogens is 426 g/mol. The molecule has 2 aliphatic heterocycles. The van der Waals surface area contributed by atoms with Crippen LogP contribution in [0.5, 0.6) is 0 Å². The molecule has 4 rings (SSSR count). The number of nitrogens with zero attached hydrogens (tertiary/aromatic N) is 2. The maximum Gasteiger partial charge on any atom is 0.310 e. The molecule has 0 saturated carbocycles. The molecule has 0 bridgehead atoms. The fourth-order valence-electron chi connectivity index (χ4n) is 4.24. The van der Waals surface area contributed by atoms with E-state index in [1.54, 1.807) is 29.1 Å². The van der Waals surface area contributed by atoms with E-state index in [-0.39, 0.29) is 23.7 Å². The number of amides is 2. The molecule has 2 fully saturated rings. The van der Waals surface area contributed by atoms with E-state index in [0.717, 1.165) is 11.1 Å². The van der Waals surface area contributed by atoms with E-state index in [1.165, 1.54) is 0 Å².